The molecule has 0 radical (unpaired) electrons. The van der Waals surface area contributed by atoms with Gasteiger partial charge in [-0.15, -0.1) is 0 Å². The molecule has 0 unspecified atom stereocenters. The van der Waals surface area contributed by atoms with Gasteiger partial charge in [-0.3, -0.25) is 4.79 Å². The molecule has 2 aromatic rings. The third-order valence-electron chi connectivity index (χ3n) is 4.19. The highest BCUT2D eigenvalue weighted by molar-refractivity contribution is 7.89. The van der Waals surface area contributed by atoms with E-state index in [1.807, 2.05) is 0 Å². The van der Waals surface area contributed by atoms with Crippen LogP contribution in [0.5, 0.6) is 0 Å². The Morgan fingerprint density at radius 1 is 1.00 bits per heavy atom. The largest absolute Gasteiger partial charge is 0.341 e. The van der Waals surface area contributed by atoms with Crippen LogP contribution in [0.15, 0.2) is 59.5 Å². The first kappa shape index (κ1) is 17.6. The van der Waals surface area contributed by atoms with E-state index in [-0.39, 0.29) is 10.8 Å². The number of carbonyl (C=O) groups is 1. The Balaban J connectivity index is 1.91. The zero-order valence-corrected chi connectivity index (χ0v) is 14.4. The second-order valence-electron chi connectivity index (χ2n) is 5.95. The molecule has 5 nitrogen and oxygen atoms in total. The van der Waals surface area contributed by atoms with Crippen molar-refractivity contribution >= 4 is 15.9 Å². The Bertz CT molecular complexity index is 832. The number of sulfonamides is 1. The van der Waals surface area contributed by atoms with E-state index in [2.05, 4.69) is 4.72 Å². The standard InChI is InChI=1S/C18H19FN2O3S/c19-15-8-10-16(11-9-15)25(23,24)20-17(14-6-2-1-3-7-14)18(22)21-12-4-5-13-21/h1-3,6-11,17,20H,4-5,12-13H2/t17-/m0/s1. The predicted octanol–water partition coefficient (Wildman–Crippen LogP) is 2.47. The molecular formula is C18H19FN2O3S. The highest BCUT2D eigenvalue weighted by atomic mass is 32.2. The van der Waals surface area contributed by atoms with Crippen molar-refractivity contribution in [2.45, 2.75) is 23.8 Å². The van der Waals surface area contributed by atoms with Crippen molar-refractivity contribution < 1.29 is 17.6 Å². The fourth-order valence-electron chi connectivity index (χ4n) is 2.86. The summed E-state index contributed by atoms with van der Waals surface area (Å²) in [6, 6.07) is 12.3. The van der Waals surface area contributed by atoms with Crippen LogP contribution in [0.4, 0.5) is 4.39 Å². The molecule has 0 aromatic heterocycles. The number of benzene rings is 2. The van der Waals surface area contributed by atoms with Gasteiger partial charge in [0.15, 0.2) is 0 Å². The number of likely N-dealkylation sites (tertiary alicyclic amines) is 1. The van der Waals surface area contributed by atoms with Crippen molar-refractivity contribution in [1.82, 2.24) is 9.62 Å². The Morgan fingerprint density at radius 3 is 2.20 bits per heavy atom. The van der Waals surface area contributed by atoms with Crippen LogP contribution in [-0.2, 0) is 14.8 Å². The topological polar surface area (TPSA) is 66.5 Å². The molecule has 0 spiro atoms. The van der Waals surface area contributed by atoms with Crippen molar-refractivity contribution in [2.24, 2.45) is 0 Å². The van der Waals surface area contributed by atoms with E-state index in [0.717, 1.165) is 25.0 Å². The summed E-state index contributed by atoms with van der Waals surface area (Å²) in [5.41, 5.74) is 0.574. The van der Waals surface area contributed by atoms with Gasteiger partial charge in [0.1, 0.15) is 11.9 Å². The van der Waals surface area contributed by atoms with Gasteiger partial charge in [0, 0.05) is 13.1 Å². The second-order valence-corrected chi connectivity index (χ2v) is 7.67. The summed E-state index contributed by atoms with van der Waals surface area (Å²) in [4.78, 5) is 14.4. The van der Waals surface area contributed by atoms with Crippen LogP contribution in [0.3, 0.4) is 0 Å². The summed E-state index contributed by atoms with van der Waals surface area (Å²) < 4.78 is 40.8. The molecule has 25 heavy (non-hydrogen) atoms. The van der Waals surface area contributed by atoms with E-state index >= 15 is 0 Å². The van der Waals surface area contributed by atoms with Crippen molar-refractivity contribution in [3.63, 3.8) is 0 Å². The molecule has 0 saturated carbocycles. The van der Waals surface area contributed by atoms with Gasteiger partial charge in [-0.2, -0.15) is 4.72 Å². The average molecular weight is 362 g/mol. The van der Waals surface area contributed by atoms with Gasteiger partial charge in [-0.25, -0.2) is 12.8 Å². The summed E-state index contributed by atoms with van der Waals surface area (Å²) in [6.45, 7) is 1.25. The monoisotopic (exact) mass is 362 g/mol. The molecule has 1 amide bonds. The molecule has 1 atom stereocenters. The van der Waals surface area contributed by atoms with E-state index in [0.29, 0.717) is 18.7 Å². The Kier molecular flexibility index (Phi) is 5.15. The van der Waals surface area contributed by atoms with Crippen LogP contribution in [0, 0.1) is 5.82 Å². The summed E-state index contributed by atoms with van der Waals surface area (Å²) in [6.07, 6.45) is 1.83. The third-order valence-corrected chi connectivity index (χ3v) is 5.63. The lowest BCUT2D eigenvalue weighted by atomic mass is 10.1. The highest BCUT2D eigenvalue weighted by Crippen LogP contribution is 2.22. The van der Waals surface area contributed by atoms with Crippen molar-refractivity contribution in [3.05, 3.63) is 66.0 Å². The van der Waals surface area contributed by atoms with E-state index in [9.17, 15) is 17.6 Å². The van der Waals surface area contributed by atoms with E-state index in [1.54, 1.807) is 35.2 Å². The number of rotatable bonds is 5. The number of carbonyl (C=O) groups excluding carboxylic acids is 1. The number of nitrogens with one attached hydrogen (secondary N) is 1. The number of amides is 1. The smallest absolute Gasteiger partial charge is 0.245 e. The first-order valence-electron chi connectivity index (χ1n) is 8.09. The van der Waals surface area contributed by atoms with Gasteiger partial charge >= 0.3 is 0 Å². The second kappa shape index (κ2) is 7.33. The molecule has 1 N–H and O–H groups in total. The van der Waals surface area contributed by atoms with Crippen molar-refractivity contribution in [3.8, 4) is 0 Å². The Hall–Kier alpha value is -2.25. The molecule has 7 heteroatoms. The Labute approximate surface area is 146 Å². The maximum atomic E-state index is 13.1. The molecular weight excluding hydrogens is 343 g/mol. The maximum absolute atomic E-state index is 13.1. The van der Waals surface area contributed by atoms with E-state index in [4.69, 9.17) is 0 Å². The molecule has 1 fully saturated rings. The molecule has 2 aromatic carbocycles. The van der Waals surface area contributed by atoms with E-state index < -0.39 is 21.9 Å². The minimum atomic E-state index is -3.96. The fraction of sp³-hybridized carbons (Fsp3) is 0.278. The van der Waals surface area contributed by atoms with Crippen LogP contribution < -0.4 is 4.72 Å². The molecule has 132 valence electrons. The molecule has 1 heterocycles. The fourth-order valence-corrected chi connectivity index (χ4v) is 4.04. The third kappa shape index (κ3) is 4.05. The summed E-state index contributed by atoms with van der Waals surface area (Å²) in [5.74, 6) is -0.791. The maximum Gasteiger partial charge on any atom is 0.245 e. The van der Waals surface area contributed by atoms with Crippen LogP contribution in [-0.4, -0.2) is 32.3 Å². The first-order valence-corrected chi connectivity index (χ1v) is 9.57. The van der Waals surface area contributed by atoms with Gasteiger partial charge in [-0.1, -0.05) is 30.3 Å². The summed E-state index contributed by atoms with van der Waals surface area (Å²) in [5, 5.41) is 0. The Morgan fingerprint density at radius 2 is 1.60 bits per heavy atom. The van der Waals surface area contributed by atoms with Crippen molar-refractivity contribution in [2.75, 3.05) is 13.1 Å². The van der Waals surface area contributed by atoms with Crippen LogP contribution in [0.2, 0.25) is 0 Å². The molecule has 1 aliphatic heterocycles. The van der Waals surface area contributed by atoms with Crippen LogP contribution in [0.1, 0.15) is 24.4 Å². The van der Waals surface area contributed by atoms with E-state index in [1.165, 1.54) is 12.1 Å². The molecule has 1 saturated heterocycles. The van der Waals surface area contributed by atoms with Gasteiger partial charge < -0.3 is 4.90 Å². The number of hydrogen-bond donors (Lipinski definition) is 1. The molecule has 0 aliphatic carbocycles. The highest BCUT2D eigenvalue weighted by Gasteiger charge is 2.31. The van der Waals surface area contributed by atoms with Crippen LogP contribution in [0.25, 0.3) is 0 Å². The minimum absolute atomic E-state index is 0.0796. The zero-order valence-electron chi connectivity index (χ0n) is 13.6. The number of halogens is 1. The normalized spacial score (nSPS) is 16.0. The van der Waals surface area contributed by atoms with Gasteiger partial charge in [0.05, 0.1) is 4.90 Å². The molecule has 3 rings (SSSR count). The lowest BCUT2D eigenvalue weighted by Gasteiger charge is -2.24. The minimum Gasteiger partial charge on any atom is -0.341 e. The van der Waals surface area contributed by atoms with Crippen molar-refractivity contribution in [1.29, 1.82) is 0 Å². The van der Waals surface area contributed by atoms with Gasteiger partial charge in [-0.05, 0) is 42.7 Å². The summed E-state index contributed by atoms with van der Waals surface area (Å²) in [7, 11) is -3.96. The molecule has 1 aliphatic rings. The first-order chi connectivity index (χ1) is 12.0. The molecule has 0 bridgehead atoms. The van der Waals surface area contributed by atoms with Crippen LogP contribution >= 0.6 is 0 Å². The SMILES string of the molecule is O=C([C@@H](NS(=O)(=O)c1ccc(F)cc1)c1ccccc1)N1CCCC1. The number of hydrogen-bond acceptors (Lipinski definition) is 3. The van der Waals surface area contributed by atoms with Gasteiger partial charge in [0.2, 0.25) is 15.9 Å². The average Bonchev–Trinajstić information content (AvgIpc) is 3.15. The quantitative estimate of drug-likeness (QED) is 0.889. The number of nitrogens with zero attached hydrogens (tertiary/aromatic N) is 1. The van der Waals surface area contributed by atoms with Gasteiger partial charge in [0.25, 0.3) is 0 Å². The predicted molar refractivity (Wildman–Crippen MR) is 91.7 cm³/mol. The summed E-state index contributed by atoms with van der Waals surface area (Å²) >= 11 is 0. The lowest BCUT2D eigenvalue weighted by molar-refractivity contribution is -0.132. The zero-order chi connectivity index (χ0) is 17.9. The lowest BCUT2D eigenvalue weighted by Crippen LogP contribution is -2.41.